The molecule has 2 aromatic rings. The molecule has 14 heteroatoms. The van der Waals surface area contributed by atoms with Gasteiger partial charge in [-0.1, -0.05) is 23.9 Å². The first-order valence-electron chi connectivity index (χ1n) is 7.61. The maximum Gasteiger partial charge on any atom is 0.263 e. The highest BCUT2D eigenvalue weighted by molar-refractivity contribution is 7.99. The summed E-state index contributed by atoms with van der Waals surface area (Å²) in [5.41, 5.74) is 5.99. The van der Waals surface area contributed by atoms with Gasteiger partial charge in [0.05, 0.1) is 5.69 Å². The number of rotatable bonds is 9. The van der Waals surface area contributed by atoms with Crippen LogP contribution in [0.15, 0.2) is 38.9 Å². The summed E-state index contributed by atoms with van der Waals surface area (Å²) in [7, 11) is -3.90. The second-order valence-corrected chi connectivity index (χ2v) is 8.01. The first kappa shape index (κ1) is 21.7. The number of hydrogen-bond donors (Lipinski definition) is 3. The predicted molar refractivity (Wildman–Crippen MR) is 97.8 cm³/mol. The lowest BCUT2D eigenvalue weighted by atomic mass is 10.2. The summed E-state index contributed by atoms with van der Waals surface area (Å²) in [6.07, 6.45) is -2.64. The number of primary sulfonamides is 1. The molecule has 1 heterocycles. The van der Waals surface area contributed by atoms with E-state index in [2.05, 4.69) is 25.3 Å². The molecule has 1 aromatic carbocycles. The molecule has 1 amide bonds. The van der Waals surface area contributed by atoms with Crippen LogP contribution in [0.5, 0.6) is 0 Å². The topological polar surface area (TPSA) is 167 Å². The molecule has 1 aromatic heterocycles. The fraction of sp³-hybridized carbons (Fsp3) is 0.286. The molecule has 0 bridgehead atoms. The van der Waals surface area contributed by atoms with Crippen LogP contribution in [0.4, 0.5) is 14.5 Å². The highest BCUT2D eigenvalue weighted by atomic mass is 32.2. The number of sulfonamides is 1. The second kappa shape index (κ2) is 9.57. The van der Waals surface area contributed by atoms with Crippen LogP contribution in [0.25, 0.3) is 0 Å². The number of nitrogens with one attached hydrogen (secondary N) is 1. The average Bonchev–Trinajstić information content (AvgIpc) is 3.06. The van der Waals surface area contributed by atoms with Crippen molar-refractivity contribution in [2.45, 2.75) is 11.5 Å². The van der Waals surface area contributed by atoms with Crippen molar-refractivity contribution in [3.8, 4) is 0 Å². The van der Waals surface area contributed by atoms with Crippen molar-refractivity contribution < 1.29 is 26.6 Å². The average molecular weight is 434 g/mol. The third-order valence-corrected chi connectivity index (χ3v) is 4.68. The largest absolute Gasteiger partial charge is 0.382 e. The van der Waals surface area contributed by atoms with Crippen molar-refractivity contribution >= 4 is 39.2 Å². The van der Waals surface area contributed by atoms with E-state index in [1.807, 2.05) is 0 Å². The van der Waals surface area contributed by atoms with Crippen LogP contribution in [-0.4, -0.2) is 48.5 Å². The summed E-state index contributed by atoms with van der Waals surface area (Å²) < 4.78 is 51.7. The molecule has 0 spiro atoms. The van der Waals surface area contributed by atoms with Crippen LogP contribution >= 0.6 is 11.8 Å². The first-order chi connectivity index (χ1) is 13.2. The number of amidine groups is 1. The quantitative estimate of drug-likeness (QED) is 0.222. The Hall–Kier alpha value is -2.58. The number of carbonyl (C=O) groups excluding carboxylic acids is 1. The summed E-state index contributed by atoms with van der Waals surface area (Å²) in [4.78, 5) is 15.4. The summed E-state index contributed by atoms with van der Waals surface area (Å²) in [6, 6.07) is 5.39. The molecule has 5 N–H and O–H groups in total. The Bertz CT molecular complexity index is 964. The molecular formula is C14H16F2N6O4S2. The molecular weight excluding hydrogens is 418 g/mol. The van der Waals surface area contributed by atoms with Gasteiger partial charge in [-0.3, -0.25) is 4.79 Å². The van der Waals surface area contributed by atoms with E-state index in [1.165, 1.54) is 24.3 Å². The van der Waals surface area contributed by atoms with E-state index in [1.54, 1.807) is 0 Å². The second-order valence-electron chi connectivity index (χ2n) is 5.32. The SMILES string of the molecule is NC(=Nc1cccc(C(F)F)c1)c1nonc1SCCNC(=O)CS(N)(=O)=O. The molecule has 0 atom stereocenters. The summed E-state index contributed by atoms with van der Waals surface area (Å²) in [5.74, 6) is -1.34. The normalized spacial score (nSPS) is 12.4. The van der Waals surface area contributed by atoms with Crippen LogP contribution < -0.4 is 16.2 Å². The van der Waals surface area contributed by atoms with E-state index in [-0.39, 0.29) is 34.4 Å². The van der Waals surface area contributed by atoms with E-state index in [4.69, 9.17) is 10.9 Å². The van der Waals surface area contributed by atoms with E-state index < -0.39 is 28.1 Å². The van der Waals surface area contributed by atoms with Crippen molar-refractivity contribution in [3.05, 3.63) is 35.5 Å². The number of hydrogen-bond acceptors (Lipinski definition) is 8. The van der Waals surface area contributed by atoms with Gasteiger partial charge in [0, 0.05) is 17.9 Å². The minimum absolute atomic E-state index is 0.0894. The molecule has 28 heavy (non-hydrogen) atoms. The highest BCUT2D eigenvalue weighted by Crippen LogP contribution is 2.24. The van der Waals surface area contributed by atoms with Gasteiger partial charge in [-0.05, 0) is 22.4 Å². The summed E-state index contributed by atoms with van der Waals surface area (Å²) in [5, 5.41) is 14.7. The van der Waals surface area contributed by atoms with Crippen molar-refractivity contribution in [2.24, 2.45) is 15.9 Å². The lowest BCUT2D eigenvalue weighted by Crippen LogP contribution is -2.34. The molecule has 0 fully saturated rings. The van der Waals surface area contributed by atoms with Gasteiger partial charge in [-0.15, -0.1) is 0 Å². The van der Waals surface area contributed by atoms with Crippen LogP contribution in [0, 0.1) is 0 Å². The first-order valence-corrected chi connectivity index (χ1v) is 10.3. The molecule has 0 saturated carbocycles. The number of alkyl halides is 2. The molecule has 152 valence electrons. The third-order valence-electron chi connectivity index (χ3n) is 3.07. The summed E-state index contributed by atoms with van der Waals surface area (Å²) >= 11 is 1.12. The predicted octanol–water partition coefficient (Wildman–Crippen LogP) is 0.541. The molecule has 10 nitrogen and oxygen atoms in total. The van der Waals surface area contributed by atoms with Crippen molar-refractivity contribution in [2.75, 3.05) is 18.1 Å². The van der Waals surface area contributed by atoms with Crippen molar-refractivity contribution in [3.63, 3.8) is 0 Å². The number of aliphatic imine (C=N–C) groups is 1. The number of aromatic nitrogens is 2. The Morgan fingerprint density at radius 2 is 2.11 bits per heavy atom. The van der Waals surface area contributed by atoms with Gasteiger partial charge in [0.25, 0.3) is 6.43 Å². The third kappa shape index (κ3) is 6.86. The van der Waals surface area contributed by atoms with Gasteiger partial charge in [0.1, 0.15) is 5.75 Å². The fourth-order valence-corrected chi connectivity index (χ4v) is 3.16. The summed E-state index contributed by atoms with van der Waals surface area (Å²) in [6.45, 7) is 0.124. The molecule has 0 aliphatic heterocycles. The van der Waals surface area contributed by atoms with Gasteiger partial charge in [0.15, 0.2) is 16.6 Å². The molecule has 0 saturated heterocycles. The van der Waals surface area contributed by atoms with Crippen LogP contribution in [0.2, 0.25) is 0 Å². The molecule has 0 unspecified atom stereocenters. The molecule has 2 rings (SSSR count). The lowest BCUT2D eigenvalue weighted by Gasteiger charge is -2.04. The number of nitrogens with two attached hydrogens (primary N) is 2. The Balaban J connectivity index is 1.97. The van der Waals surface area contributed by atoms with Gasteiger partial charge in [0.2, 0.25) is 15.9 Å². The van der Waals surface area contributed by atoms with Gasteiger partial charge in [-0.2, -0.15) is 0 Å². The Labute approximate surface area is 162 Å². The van der Waals surface area contributed by atoms with Crippen molar-refractivity contribution in [1.82, 2.24) is 15.6 Å². The van der Waals surface area contributed by atoms with Gasteiger partial charge < -0.3 is 11.1 Å². The molecule has 0 radical (unpaired) electrons. The number of carbonyl (C=O) groups is 1. The Kier molecular flexibility index (Phi) is 7.42. The Morgan fingerprint density at radius 3 is 2.79 bits per heavy atom. The number of halogens is 2. The molecule has 0 aliphatic rings. The number of thioether (sulfide) groups is 1. The minimum atomic E-state index is -3.90. The number of benzene rings is 1. The van der Waals surface area contributed by atoms with E-state index in [0.29, 0.717) is 5.75 Å². The van der Waals surface area contributed by atoms with Crippen LogP contribution in [-0.2, 0) is 14.8 Å². The zero-order chi connectivity index (χ0) is 20.7. The smallest absolute Gasteiger partial charge is 0.263 e. The van der Waals surface area contributed by atoms with Crippen LogP contribution in [0.3, 0.4) is 0 Å². The number of amides is 1. The minimum Gasteiger partial charge on any atom is -0.382 e. The fourth-order valence-electron chi connectivity index (χ4n) is 1.93. The Morgan fingerprint density at radius 1 is 1.36 bits per heavy atom. The van der Waals surface area contributed by atoms with E-state index >= 15 is 0 Å². The zero-order valence-corrected chi connectivity index (χ0v) is 15.8. The van der Waals surface area contributed by atoms with Crippen LogP contribution in [0.1, 0.15) is 17.7 Å². The van der Waals surface area contributed by atoms with E-state index in [0.717, 1.165) is 11.8 Å². The maximum absolute atomic E-state index is 12.8. The highest BCUT2D eigenvalue weighted by Gasteiger charge is 2.16. The maximum atomic E-state index is 12.8. The number of nitrogens with zero attached hydrogens (tertiary/aromatic N) is 3. The van der Waals surface area contributed by atoms with Gasteiger partial charge >= 0.3 is 0 Å². The lowest BCUT2D eigenvalue weighted by molar-refractivity contribution is -0.118. The van der Waals surface area contributed by atoms with Crippen molar-refractivity contribution in [1.29, 1.82) is 0 Å². The van der Waals surface area contributed by atoms with Gasteiger partial charge in [-0.25, -0.2) is 32.0 Å². The zero-order valence-electron chi connectivity index (χ0n) is 14.2. The van der Waals surface area contributed by atoms with E-state index in [9.17, 15) is 22.0 Å². The molecule has 0 aliphatic carbocycles. The standard InChI is InChI=1S/C14H16F2N6O4S2/c15-12(16)8-2-1-3-9(6-8)20-13(17)11-14(22-26-21-11)27-5-4-19-10(23)7-28(18,24)25/h1-3,6,12H,4-5,7H2,(H2,17,20)(H,19,23)(H2,18,24,25). The monoisotopic (exact) mass is 434 g/mol.